The van der Waals surface area contributed by atoms with Crippen LogP contribution in [0.5, 0.6) is 5.75 Å². The van der Waals surface area contributed by atoms with Crippen molar-refractivity contribution in [3.05, 3.63) is 69.5 Å². The molecular weight excluding hydrogens is 277 g/mol. The van der Waals surface area contributed by atoms with Gasteiger partial charge in [-0.05, 0) is 36.8 Å². The van der Waals surface area contributed by atoms with Crippen LogP contribution in [-0.2, 0) is 6.61 Å². The molecule has 0 aromatic heterocycles. The van der Waals surface area contributed by atoms with Gasteiger partial charge in [0.25, 0.3) is 5.69 Å². The van der Waals surface area contributed by atoms with Gasteiger partial charge in [-0.3, -0.25) is 14.9 Å². The molecule has 5 nitrogen and oxygen atoms in total. The highest BCUT2D eigenvalue weighted by molar-refractivity contribution is 5.98. The minimum Gasteiger partial charge on any atom is -0.489 e. The highest BCUT2D eigenvalue weighted by atomic mass is 19.1. The summed E-state index contributed by atoms with van der Waals surface area (Å²) in [6.45, 7) is 1.34. The zero-order valence-electron chi connectivity index (χ0n) is 11.2. The molecule has 0 amide bonds. The van der Waals surface area contributed by atoms with E-state index in [1.165, 1.54) is 37.3 Å². The van der Waals surface area contributed by atoms with Gasteiger partial charge in [0.05, 0.1) is 16.6 Å². The maximum Gasteiger partial charge on any atom is 0.283 e. The van der Waals surface area contributed by atoms with Crippen LogP contribution in [0.15, 0.2) is 42.5 Å². The van der Waals surface area contributed by atoms with E-state index in [4.69, 9.17) is 4.74 Å². The third kappa shape index (κ3) is 3.62. The second-order valence-electron chi connectivity index (χ2n) is 4.41. The van der Waals surface area contributed by atoms with Crippen molar-refractivity contribution in [3.8, 4) is 5.75 Å². The number of Topliss-reactive ketones (excluding diaryl/α,β-unsaturated/α-hetero) is 1. The summed E-state index contributed by atoms with van der Waals surface area (Å²) >= 11 is 0. The smallest absolute Gasteiger partial charge is 0.283 e. The van der Waals surface area contributed by atoms with Crippen LogP contribution in [-0.4, -0.2) is 10.7 Å². The van der Waals surface area contributed by atoms with Crippen LogP contribution in [0.3, 0.4) is 0 Å². The van der Waals surface area contributed by atoms with Crippen LogP contribution in [0.4, 0.5) is 10.1 Å². The normalized spacial score (nSPS) is 10.2. The van der Waals surface area contributed by atoms with Crippen molar-refractivity contribution in [2.45, 2.75) is 13.5 Å². The Kier molecular flexibility index (Phi) is 4.27. The molecule has 0 heterocycles. The van der Waals surface area contributed by atoms with E-state index in [2.05, 4.69) is 0 Å². The van der Waals surface area contributed by atoms with Gasteiger partial charge in [-0.1, -0.05) is 12.1 Å². The Morgan fingerprint density at radius 2 is 2.05 bits per heavy atom. The number of carbonyl (C=O) groups is 1. The highest BCUT2D eigenvalue weighted by Crippen LogP contribution is 2.25. The summed E-state index contributed by atoms with van der Waals surface area (Å²) in [6.07, 6.45) is 0. The molecule has 0 aliphatic heterocycles. The predicted octanol–water partition coefficient (Wildman–Crippen LogP) is 3.52. The van der Waals surface area contributed by atoms with E-state index in [1.54, 1.807) is 12.1 Å². The van der Waals surface area contributed by atoms with Gasteiger partial charge in [-0.2, -0.15) is 0 Å². The van der Waals surface area contributed by atoms with Crippen molar-refractivity contribution in [1.82, 2.24) is 0 Å². The number of ketones is 1. The van der Waals surface area contributed by atoms with Crippen LogP contribution in [0.1, 0.15) is 22.8 Å². The fourth-order valence-electron chi connectivity index (χ4n) is 1.84. The van der Waals surface area contributed by atoms with E-state index in [1.807, 2.05) is 0 Å². The molecule has 0 saturated heterocycles. The second-order valence-corrected chi connectivity index (χ2v) is 4.41. The number of rotatable bonds is 5. The lowest BCUT2D eigenvalue weighted by Crippen LogP contribution is -2.02. The van der Waals surface area contributed by atoms with Crippen LogP contribution >= 0.6 is 0 Å². The van der Waals surface area contributed by atoms with E-state index in [0.717, 1.165) is 0 Å². The van der Waals surface area contributed by atoms with Gasteiger partial charge < -0.3 is 4.74 Å². The maximum absolute atomic E-state index is 13.0. The summed E-state index contributed by atoms with van der Waals surface area (Å²) in [5.74, 6) is -0.525. The van der Waals surface area contributed by atoms with Crippen molar-refractivity contribution in [2.75, 3.05) is 0 Å². The summed E-state index contributed by atoms with van der Waals surface area (Å²) in [4.78, 5) is 21.6. The molecule has 0 spiro atoms. The largest absolute Gasteiger partial charge is 0.489 e. The number of nitro benzene ring substituents is 1. The molecule has 0 radical (unpaired) electrons. The first kappa shape index (κ1) is 14.6. The van der Waals surface area contributed by atoms with E-state index in [0.29, 0.717) is 5.56 Å². The summed E-state index contributed by atoms with van der Waals surface area (Å²) in [7, 11) is 0. The molecule has 2 aromatic rings. The quantitative estimate of drug-likeness (QED) is 0.480. The summed E-state index contributed by atoms with van der Waals surface area (Å²) in [6, 6.07) is 9.88. The molecule has 0 unspecified atom stereocenters. The Balaban J connectivity index is 2.19. The molecule has 0 bridgehead atoms. The van der Waals surface area contributed by atoms with Crippen molar-refractivity contribution < 1.29 is 18.8 Å². The standard InChI is InChI=1S/C15H12FNO4/c1-10(18)14-6-5-13(8-15(14)17(19)20)21-9-11-3-2-4-12(16)7-11/h2-8H,9H2,1H3. The molecule has 6 heteroatoms. The molecule has 0 N–H and O–H groups in total. The first-order chi connectivity index (χ1) is 9.97. The number of nitro groups is 1. The monoisotopic (exact) mass is 289 g/mol. The molecule has 2 aromatic carbocycles. The lowest BCUT2D eigenvalue weighted by molar-refractivity contribution is -0.385. The minimum atomic E-state index is -0.633. The van der Waals surface area contributed by atoms with E-state index in [9.17, 15) is 19.3 Å². The zero-order chi connectivity index (χ0) is 15.4. The van der Waals surface area contributed by atoms with Gasteiger partial charge in [0.1, 0.15) is 18.2 Å². The Labute approximate surface area is 120 Å². The lowest BCUT2D eigenvalue weighted by Gasteiger charge is -2.07. The van der Waals surface area contributed by atoms with Crippen LogP contribution in [0.2, 0.25) is 0 Å². The van der Waals surface area contributed by atoms with Crippen LogP contribution in [0, 0.1) is 15.9 Å². The van der Waals surface area contributed by atoms with Gasteiger partial charge >= 0.3 is 0 Å². The van der Waals surface area contributed by atoms with E-state index >= 15 is 0 Å². The first-order valence-corrected chi connectivity index (χ1v) is 6.14. The van der Waals surface area contributed by atoms with Crippen molar-refractivity contribution >= 4 is 11.5 Å². The Hall–Kier alpha value is -2.76. The summed E-state index contributed by atoms with van der Waals surface area (Å²) < 4.78 is 18.4. The van der Waals surface area contributed by atoms with E-state index in [-0.39, 0.29) is 29.4 Å². The molecule has 0 aliphatic carbocycles. The van der Waals surface area contributed by atoms with Gasteiger partial charge in [-0.15, -0.1) is 0 Å². The molecule has 21 heavy (non-hydrogen) atoms. The summed E-state index contributed by atoms with van der Waals surface area (Å²) in [5.41, 5.74) is 0.325. The van der Waals surface area contributed by atoms with Crippen molar-refractivity contribution in [2.24, 2.45) is 0 Å². The minimum absolute atomic E-state index is 0.0260. The Morgan fingerprint density at radius 1 is 1.29 bits per heavy atom. The van der Waals surface area contributed by atoms with Gasteiger partial charge in [0.2, 0.25) is 0 Å². The number of nitrogens with zero attached hydrogens (tertiary/aromatic N) is 1. The zero-order valence-corrected chi connectivity index (χ0v) is 11.2. The maximum atomic E-state index is 13.0. The molecule has 108 valence electrons. The average molecular weight is 289 g/mol. The predicted molar refractivity (Wildman–Crippen MR) is 73.8 cm³/mol. The van der Waals surface area contributed by atoms with Gasteiger partial charge in [0, 0.05) is 0 Å². The molecule has 0 aliphatic rings. The molecular formula is C15H12FNO4. The first-order valence-electron chi connectivity index (χ1n) is 6.14. The third-order valence-corrected chi connectivity index (χ3v) is 2.84. The molecule has 2 rings (SSSR count). The van der Waals surface area contributed by atoms with E-state index < -0.39 is 10.7 Å². The van der Waals surface area contributed by atoms with Crippen LogP contribution < -0.4 is 4.74 Å². The fraction of sp³-hybridized carbons (Fsp3) is 0.133. The Bertz CT molecular complexity index is 700. The van der Waals surface area contributed by atoms with Crippen molar-refractivity contribution in [3.63, 3.8) is 0 Å². The van der Waals surface area contributed by atoms with Gasteiger partial charge in [-0.25, -0.2) is 4.39 Å². The number of carbonyl (C=O) groups excluding carboxylic acids is 1. The number of ether oxygens (including phenoxy) is 1. The average Bonchev–Trinajstić information content (AvgIpc) is 2.44. The molecule has 0 atom stereocenters. The molecule has 0 saturated carbocycles. The number of hydrogen-bond acceptors (Lipinski definition) is 4. The third-order valence-electron chi connectivity index (χ3n) is 2.84. The van der Waals surface area contributed by atoms with Crippen LogP contribution in [0.25, 0.3) is 0 Å². The number of benzene rings is 2. The number of hydrogen-bond donors (Lipinski definition) is 0. The summed E-state index contributed by atoms with van der Waals surface area (Å²) in [5, 5.41) is 10.9. The SMILES string of the molecule is CC(=O)c1ccc(OCc2cccc(F)c2)cc1[N+](=O)[O-]. The number of halogens is 1. The Morgan fingerprint density at radius 3 is 2.67 bits per heavy atom. The van der Waals surface area contributed by atoms with Gasteiger partial charge in [0.15, 0.2) is 5.78 Å². The topological polar surface area (TPSA) is 69.4 Å². The molecule has 0 fully saturated rings. The fourth-order valence-corrected chi connectivity index (χ4v) is 1.84. The lowest BCUT2D eigenvalue weighted by atomic mass is 10.1. The second kappa shape index (κ2) is 6.13. The highest BCUT2D eigenvalue weighted by Gasteiger charge is 2.18. The van der Waals surface area contributed by atoms with Crippen molar-refractivity contribution in [1.29, 1.82) is 0 Å².